The van der Waals surface area contributed by atoms with E-state index >= 15 is 0 Å². The van der Waals surface area contributed by atoms with Crippen molar-refractivity contribution in [2.75, 3.05) is 26.4 Å². The normalized spacial score (nSPS) is 13.9. The molecule has 0 fully saturated rings. The van der Waals surface area contributed by atoms with Gasteiger partial charge in [0.25, 0.3) is 0 Å². The molecular weight excluding hydrogens is 952 g/mol. The molecule has 0 aromatic carbocycles. The predicted octanol–water partition coefficient (Wildman–Crippen LogP) is 17.7. The Morgan fingerprint density at radius 2 is 0.676 bits per heavy atom. The minimum Gasteiger partial charge on any atom is -0.462 e. The van der Waals surface area contributed by atoms with Crippen molar-refractivity contribution in [1.29, 1.82) is 0 Å². The van der Waals surface area contributed by atoms with Gasteiger partial charge in [-0.2, -0.15) is 0 Å². The number of hydrogen-bond donors (Lipinski definition) is 2. The van der Waals surface area contributed by atoms with Crippen molar-refractivity contribution in [3.63, 3.8) is 0 Å². The molecule has 0 spiro atoms. The molecular formula is C62H109O11P. The second kappa shape index (κ2) is 56.1. The molecule has 0 heterocycles. The fourth-order valence-electron chi connectivity index (χ4n) is 7.96. The van der Waals surface area contributed by atoms with Crippen molar-refractivity contribution in [2.24, 2.45) is 0 Å². The molecule has 3 atom stereocenters. The van der Waals surface area contributed by atoms with Crippen LogP contribution in [0.25, 0.3) is 0 Å². The van der Waals surface area contributed by atoms with Gasteiger partial charge in [-0.05, 0) is 109 Å². The number of phosphoric ester groups is 1. The molecule has 0 bridgehead atoms. The zero-order chi connectivity index (χ0) is 54.1. The quantitative estimate of drug-likeness (QED) is 0.0197. The molecule has 11 nitrogen and oxygen atoms in total. The van der Waals surface area contributed by atoms with E-state index < -0.39 is 57.8 Å². The molecule has 0 aromatic rings. The first-order valence-electron chi connectivity index (χ1n) is 29.8. The third-order valence-corrected chi connectivity index (χ3v) is 13.5. The van der Waals surface area contributed by atoms with Crippen LogP contribution in [-0.4, -0.2) is 66.5 Å². The van der Waals surface area contributed by atoms with Crippen LogP contribution >= 0.6 is 7.82 Å². The third-order valence-electron chi connectivity index (χ3n) is 12.6. The molecule has 0 amide bonds. The molecule has 0 rings (SSSR count). The van der Waals surface area contributed by atoms with E-state index in [4.69, 9.17) is 23.3 Å². The Balaban J connectivity index is 4.75. The fourth-order valence-corrected chi connectivity index (χ4v) is 8.75. The van der Waals surface area contributed by atoms with Gasteiger partial charge >= 0.3 is 25.7 Å². The Bertz CT molecular complexity index is 1520. The van der Waals surface area contributed by atoms with Crippen molar-refractivity contribution < 1.29 is 52.2 Å². The van der Waals surface area contributed by atoms with Crippen molar-refractivity contribution in [3.05, 3.63) is 72.9 Å². The summed E-state index contributed by atoms with van der Waals surface area (Å²) in [5.74, 6) is -1.49. The standard InChI is InChI=1S/C62H109O11P/c1-4-7-10-13-16-19-22-24-26-28-29-31-32-34-37-39-42-45-48-51-60(64)69-55-59(73-62(66)53-50-47-44-41-38-35-33-30-27-25-23-20-17-14-11-8-5-2)57-71-74(67,68)70-56-58(54-63)72-61(65)52-49-46-43-40-36-21-18-15-12-9-6-3/h15-20,24-27,29,31,58-59,63H,4-14,21-23,28,30,32-57H2,1-3H3,(H,67,68)/b18-15-,19-16-,20-17-,26-24-,27-25-,31-29-. The number of carbonyl (C=O) groups excluding carboxylic acids is 3. The molecule has 74 heavy (non-hydrogen) atoms. The van der Waals surface area contributed by atoms with E-state index in [9.17, 15) is 28.9 Å². The summed E-state index contributed by atoms with van der Waals surface area (Å²) >= 11 is 0. The average Bonchev–Trinajstić information content (AvgIpc) is 3.39. The smallest absolute Gasteiger partial charge is 0.462 e. The SMILES string of the molecule is CCCC/C=C\CCCCCCCC(=O)OC(CO)COP(=O)(O)OCC(COC(=O)CCCCCCCC/C=C\C/C=C\C/C=C\CCCCC)OC(=O)CCCCCCCCC/C=C\C/C=C\CCCCC. The molecule has 3 unspecified atom stereocenters. The number of esters is 3. The van der Waals surface area contributed by atoms with Crippen LogP contribution < -0.4 is 0 Å². The van der Waals surface area contributed by atoms with Gasteiger partial charge in [0, 0.05) is 19.3 Å². The van der Waals surface area contributed by atoms with Gasteiger partial charge in [0.1, 0.15) is 12.7 Å². The van der Waals surface area contributed by atoms with E-state index in [0.29, 0.717) is 19.3 Å². The van der Waals surface area contributed by atoms with Crippen LogP contribution in [0.2, 0.25) is 0 Å². The van der Waals surface area contributed by atoms with E-state index in [0.717, 1.165) is 128 Å². The van der Waals surface area contributed by atoms with Gasteiger partial charge in [-0.25, -0.2) is 4.57 Å². The van der Waals surface area contributed by atoms with Crippen LogP contribution in [0.1, 0.15) is 265 Å². The van der Waals surface area contributed by atoms with E-state index in [-0.39, 0.29) is 25.9 Å². The first-order chi connectivity index (χ1) is 36.2. The van der Waals surface area contributed by atoms with Crippen LogP contribution in [0, 0.1) is 0 Å². The Labute approximate surface area is 452 Å². The van der Waals surface area contributed by atoms with Gasteiger partial charge in [-0.1, -0.05) is 209 Å². The summed E-state index contributed by atoms with van der Waals surface area (Å²) in [4.78, 5) is 48.6. The Hall–Kier alpha value is -3.08. The van der Waals surface area contributed by atoms with Gasteiger partial charge < -0.3 is 24.2 Å². The first-order valence-corrected chi connectivity index (χ1v) is 31.3. The molecule has 12 heteroatoms. The van der Waals surface area contributed by atoms with Crippen LogP contribution in [0.4, 0.5) is 0 Å². The number of hydrogen-bond acceptors (Lipinski definition) is 10. The minimum atomic E-state index is -4.76. The summed E-state index contributed by atoms with van der Waals surface area (Å²) in [6, 6.07) is 0. The zero-order valence-corrected chi connectivity index (χ0v) is 48.2. The minimum absolute atomic E-state index is 0.154. The molecule has 0 saturated heterocycles. The van der Waals surface area contributed by atoms with Gasteiger partial charge in [0.2, 0.25) is 0 Å². The summed E-state index contributed by atoms with van der Waals surface area (Å²) in [6.45, 7) is 4.53. The largest absolute Gasteiger partial charge is 0.472 e. The summed E-state index contributed by atoms with van der Waals surface area (Å²) in [7, 11) is -4.76. The lowest BCUT2D eigenvalue weighted by Crippen LogP contribution is -2.30. The molecule has 0 saturated carbocycles. The number of aliphatic hydroxyl groups is 1. The Kier molecular flexibility index (Phi) is 53.8. The highest BCUT2D eigenvalue weighted by molar-refractivity contribution is 7.47. The second-order valence-electron chi connectivity index (χ2n) is 19.8. The van der Waals surface area contributed by atoms with Gasteiger partial charge in [-0.15, -0.1) is 0 Å². The second-order valence-corrected chi connectivity index (χ2v) is 21.3. The van der Waals surface area contributed by atoms with Crippen LogP contribution in [-0.2, 0) is 42.2 Å². The summed E-state index contributed by atoms with van der Waals surface area (Å²) in [5.41, 5.74) is 0. The Morgan fingerprint density at radius 1 is 0.378 bits per heavy atom. The average molecular weight is 1060 g/mol. The highest BCUT2D eigenvalue weighted by Crippen LogP contribution is 2.43. The highest BCUT2D eigenvalue weighted by atomic mass is 31.2. The Morgan fingerprint density at radius 3 is 1.07 bits per heavy atom. The maximum atomic E-state index is 12.9. The number of aliphatic hydroxyl groups excluding tert-OH is 1. The van der Waals surface area contributed by atoms with E-state index in [1.807, 2.05) is 0 Å². The number of phosphoric acid groups is 1. The van der Waals surface area contributed by atoms with E-state index in [1.165, 1.54) is 77.0 Å². The summed E-state index contributed by atoms with van der Waals surface area (Å²) < 4.78 is 39.5. The van der Waals surface area contributed by atoms with Crippen molar-refractivity contribution in [3.8, 4) is 0 Å². The summed E-state index contributed by atoms with van der Waals surface area (Å²) in [6.07, 6.45) is 62.8. The van der Waals surface area contributed by atoms with Crippen LogP contribution in [0.3, 0.4) is 0 Å². The maximum Gasteiger partial charge on any atom is 0.472 e. The van der Waals surface area contributed by atoms with E-state index in [1.54, 1.807) is 0 Å². The fraction of sp³-hybridized carbons (Fsp3) is 0.758. The van der Waals surface area contributed by atoms with E-state index in [2.05, 4.69) is 93.7 Å². The highest BCUT2D eigenvalue weighted by Gasteiger charge is 2.28. The molecule has 0 radical (unpaired) electrons. The lowest BCUT2D eigenvalue weighted by molar-refractivity contribution is -0.161. The lowest BCUT2D eigenvalue weighted by Gasteiger charge is -2.21. The number of allylic oxidation sites excluding steroid dienone is 12. The van der Waals surface area contributed by atoms with Crippen LogP contribution in [0.5, 0.6) is 0 Å². The third kappa shape index (κ3) is 53.7. The number of ether oxygens (including phenoxy) is 3. The van der Waals surface area contributed by atoms with Crippen molar-refractivity contribution >= 4 is 25.7 Å². The summed E-state index contributed by atoms with van der Waals surface area (Å²) in [5, 5.41) is 9.80. The molecule has 2 N–H and O–H groups in total. The van der Waals surface area contributed by atoms with Gasteiger partial charge in [0.05, 0.1) is 19.8 Å². The molecule has 0 aliphatic carbocycles. The first kappa shape index (κ1) is 70.9. The molecule has 428 valence electrons. The van der Waals surface area contributed by atoms with Gasteiger partial charge in [-0.3, -0.25) is 23.4 Å². The maximum absolute atomic E-state index is 12.9. The lowest BCUT2D eigenvalue weighted by atomic mass is 10.1. The molecule has 0 aliphatic heterocycles. The number of unbranched alkanes of at least 4 members (excludes halogenated alkanes) is 26. The topological polar surface area (TPSA) is 155 Å². The van der Waals surface area contributed by atoms with Crippen molar-refractivity contribution in [2.45, 2.75) is 277 Å². The number of carbonyl (C=O) groups is 3. The van der Waals surface area contributed by atoms with Crippen molar-refractivity contribution in [1.82, 2.24) is 0 Å². The zero-order valence-electron chi connectivity index (χ0n) is 47.3. The molecule has 0 aliphatic rings. The predicted molar refractivity (Wildman–Crippen MR) is 307 cm³/mol. The molecule has 0 aromatic heterocycles. The number of rotatable bonds is 55. The van der Waals surface area contributed by atoms with Crippen LogP contribution in [0.15, 0.2) is 72.9 Å². The van der Waals surface area contributed by atoms with Gasteiger partial charge in [0.15, 0.2) is 6.10 Å². The monoisotopic (exact) mass is 1060 g/mol.